The van der Waals surface area contributed by atoms with Crippen molar-refractivity contribution in [1.29, 1.82) is 0 Å². The molecular formula is C11H14N2O2S. The predicted molar refractivity (Wildman–Crippen MR) is 64.5 cm³/mol. The summed E-state index contributed by atoms with van der Waals surface area (Å²) in [5.74, 6) is -0.516. The molecule has 5 heteroatoms. The van der Waals surface area contributed by atoms with Crippen LogP contribution in [0.15, 0.2) is 23.6 Å². The van der Waals surface area contributed by atoms with E-state index in [1.165, 1.54) is 6.08 Å². The van der Waals surface area contributed by atoms with E-state index in [2.05, 4.69) is 10.9 Å². The Bertz CT molecular complexity index is 371. The van der Waals surface area contributed by atoms with Gasteiger partial charge in [-0.15, -0.1) is 11.3 Å². The monoisotopic (exact) mass is 238 g/mol. The van der Waals surface area contributed by atoms with Crippen molar-refractivity contribution in [1.82, 2.24) is 10.9 Å². The molecule has 0 aliphatic heterocycles. The molecule has 1 heterocycles. The van der Waals surface area contributed by atoms with E-state index >= 15 is 0 Å². The molecule has 0 saturated heterocycles. The Labute approximate surface area is 98.3 Å². The Hall–Kier alpha value is -1.62. The van der Waals surface area contributed by atoms with E-state index in [1.807, 2.05) is 24.4 Å². The van der Waals surface area contributed by atoms with Crippen LogP contribution in [0.5, 0.6) is 0 Å². The maximum atomic E-state index is 11.2. The van der Waals surface area contributed by atoms with Crippen molar-refractivity contribution >= 4 is 29.2 Å². The first-order valence-electron chi connectivity index (χ1n) is 5.02. The first kappa shape index (κ1) is 12.4. The first-order chi connectivity index (χ1) is 7.72. The number of amides is 2. The lowest BCUT2D eigenvalue weighted by Gasteiger charge is -2.03. The number of rotatable bonds is 4. The van der Waals surface area contributed by atoms with E-state index in [1.54, 1.807) is 17.4 Å². The Kier molecular flexibility index (Phi) is 5.28. The Morgan fingerprint density at radius 3 is 2.88 bits per heavy atom. The summed E-state index contributed by atoms with van der Waals surface area (Å²) in [6, 6.07) is 3.81. The quantitative estimate of drug-likeness (QED) is 0.619. The molecule has 0 spiro atoms. The van der Waals surface area contributed by atoms with Crippen LogP contribution >= 0.6 is 11.3 Å². The molecule has 0 radical (unpaired) electrons. The summed E-state index contributed by atoms with van der Waals surface area (Å²) in [5.41, 5.74) is 4.64. The highest BCUT2D eigenvalue weighted by Crippen LogP contribution is 2.09. The first-order valence-corrected chi connectivity index (χ1v) is 5.90. The molecule has 0 aliphatic carbocycles. The van der Waals surface area contributed by atoms with E-state index in [4.69, 9.17) is 0 Å². The zero-order valence-corrected chi connectivity index (χ0v) is 9.84. The van der Waals surface area contributed by atoms with Crippen LogP contribution in [0.2, 0.25) is 0 Å². The molecular weight excluding hydrogens is 224 g/mol. The topological polar surface area (TPSA) is 58.2 Å². The number of carbonyl (C=O) groups excluding carboxylic acids is 2. The number of hydrogen-bond acceptors (Lipinski definition) is 3. The number of thiophene rings is 1. The third-order valence-corrected chi connectivity index (χ3v) is 2.58. The van der Waals surface area contributed by atoms with Crippen molar-refractivity contribution in [3.63, 3.8) is 0 Å². The Morgan fingerprint density at radius 1 is 1.44 bits per heavy atom. The zero-order valence-electron chi connectivity index (χ0n) is 9.03. The van der Waals surface area contributed by atoms with Crippen LogP contribution in [0, 0.1) is 0 Å². The van der Waals surface area contributed by atoms with Crippen molar-refractivity contribution in [2.75, 3.05) is 0 Å². The molecule has 86 valence electrons. The molecule has 1 rings (SSSR count). The van der Waals surface area contributed by atoms with Gasteiger partial charge in [-0.3, -0.25) is 20.4 Å². The summed E-state index contributed by atoms with van der Waals surface area (Å²) in [4.78, 5) is 23.3. The van der Waals surface area contributed by atoms with Gasteiger partial charge < -0.3 is 0 Å². The molecule has 4 nitrogen and oxygen atoms in total. The van der Waals surface area contributed by atoms with Gasteiger partial charge in [0, 0.05) is 17.4 Å². The standard InChI is InChI=1S/C11H14N2O2S/c1-2-4-10(14)12-13-11(15)7-6-9-5-3-8-16-9/h3,5-8H,2,4H2,1H3,(H,12,14)(H,13,15)/b7-6+. The van der Waals surface area contributed by atoms with Crippen LogP contribution in [-0.2, 0) is 9.59 Å². The predicted octanol–water partition coefficient (Wildman–Crippen LogP) is 1.71. The largest absolute Gasteiger partial charge is 0.273 e. The molecule has 0 aromatic carbocycles. The van der Waals surface area contributed by atoms with Gasteiger partial charge in [-0.1, -0.05) is 13.0 Å². The fourth-order valence-electron chi connectivity index (χ4n) is 1.01. The lowest BCUT2D eigenvalue weighted by Crippen LogP contribution is -2.40. The van der Waals surface area contributed by atoms with Gasteiger partial charge in [-0.05, 0) is 23.9 Å². The van der Waals surface area contributed by atoms with Gasteiger partial charge >= 0.3 is 0 Å². The van der Waals surface area contributed by atoms with Gasteiger partial charge in [0.15, 0.2) is 0 Å². The van der Waals surface area contributed by atoms with Crippen LogP contribution in [0.1, 0.15) is 24.6 Å². The summed E-state index contributed by atoms with van der Waals surface area (Å²) < 4.78 is 0. The van der Waals surface area contributed by atoms with E-state index in [9.17, 15) is 9.59 Å². The second kappa shape index (κ2) is 6.79. The lowest BCUT2D eigenvalue weighted by molar-refractivity contribution is -0.126. The van der Waals surface area contributed by atoms with Gasteiger partial charge in [0.25, 0.3) is 5.91 Å². The molecule has 0 atom stereocenters. The molecule has 16 heavy (non-hydrogen) atoms. The smallest absolute Gasteiger partial charge is 0.262 e. The Balaban J connectivity index is 2.28. The second-order valence-corrected chi connectivity index (χ2v) is 4.12. The van der Waals surface area contributed by atoms with Gasteiger partial charge in [-0.2, -0.15) is 0 Å². The Morgan fingerprint density at radius 2 is 2.25 bits per heavy atom. The highest BCUT2D eigenvalue weighted by molar-refractivity contribution is 7.10. The van der Waals surface area contributed by atoms with Crippen LogP contribution in [0.3, 0.4) is 0 Å². The van der Waals surface area contributed by atoms with Crippen molar-refractivity contribution in [3.05, 3.63) is 28.5 Å². The number of hydrogen-bond donors (Lipinski definition) is 2. The summed E-state index contributed by atoms with van der Waals surface area (Å²) >= 11 is 1.54. The normalized spacial score (nSPS) is 10.3. The average molecular weight is 238 g/mol. The highest BCUT2D eigenvalue weighted by Gasteiger charge is 1.99. The van der Waals surface area contributed by atoms with Crippen molar-refractivity contribution < 1.29 is 9.59 Å². The van der Waals surface area contributed by atoms with E-state index in [0.717, 1.165) is 11.3 Å². The molecule has 1 aromatic heterocycles. The highest BCUT2D eigenvalue weighted by atomic mass is 32.1. The fraction of sp³-hybridized carbons (Fsp3) is 0.273. The summed E-state index contributed by atoms with van der Waals surface area (Å²) in [6.07, 6.45) is 4.26. The van der Waals surface area contributed by atoms with Crippen molar-refractivity contribution in [3.8, 4) is 0 Å². The molecule has 2 N–H and O–H groups in total. The van der Waals surface area contributed by atoms with Gasteiger partial charge in [0.1, 0.15) is 0 Å². The lowest BCUT2D eigenvalue weighted by atomic mass is 10.3. The maximum absolute atomic E-state index is 11.2. The minimum Gasteiger partial charge on any atom is -0.273 e. The molecule has 0 aliphatic rings. The third kappa shape index (κ3) is 4.75. The van der Waals surface area contributed by atoms with Gasteiger partial charge in [-0.25, -0.2) is 0 Å². The zero-order chi connectivity index (χ0) is 11.8. The number of hydrazine groups is 1. The number of nitrogens with one attached hydrogen (secondary N) is 2. The molecule has 0 saturated carbocycles. The summed E-state index contributed by atoms with van der Waals surface area (Å²) in [6.45, 7) is 1.90. The molecule has 0 fully saturated rings. The van der Waals surface area contributed by atoms with E-state index in [-0.39, 0.29) is 11.8 Å². The van der Waals surface area contributed by atoms with Gasteiger partial charge in [0.05, 0.1) is 0 Å². The SMILES string of the molecule is CCCC(=O)NNC(=O)/C=C/c1cccs1. The van der Waals surface area contributed by atoms with Crippen molar-refractivity contribution in [2.24, 2.45) is 0 Å². The maximum Gasteiger partial charge on any atom is 0.262 e. The van der Waals surface area contributed by atoms with Crippen molar-refractivity contribution in [2.45, 2.75) is 19.8 Å². The van der Waals surface area contributed by atoms with Crippen LogP contribution in [0.25, 0.3) is 6.08 Å². The fourth-order valence-corrected chi connectivity index (χ4v) is 1.62. The van der Waals surface area contributed by atoms with Crippen LogP contribution in [0.4, 0.5) is 0 Å². The average Bonchev–Trinajstić information content (AvgIpc) is 2.77. The van der Waals surface area contributed by atoms with Gasteiger partial charge in [0.2, 0.25) is 5.91 Å². The second-order valence-electron chi connectivity index (χ2n) is 3.14. The van der Waals surface area contributed by atoms with E-state index in [0.29, 0.717) is 6.42 Å². The molecule has 1 aromatic rings. The molecule has 2 amide bonds. The van der Waals surface area contributed by atoms with Crippen LogP contribution in [-0.4, -0.2) is 11.8 Å². The van der Waals surface area contributed by atoms with E-state index < -0.39 is 0 Å². The molecule has 0 unspecified atom stereocenters. The van der Waals surface area contributed by atoms with Crippen LogP contribution < -0.4 is 10.9 Å². The summed E-state index contributed by atoms with van der Waals surface area (Å²) in [5, 5.41) is 1.93. The minimum absolute atomic E-state index is 0.180. The minimum atomic E-state index is -0.335. The third-order valence-electron chi connectivity index (χ3n) is 1.74. The summed E-state index contributed by atoms with van der Waals surface area (Å²) in [7, 11) is 0. The number of carbonyl (C=O) groups is 2. The molecule has 0 bridgehead atoms.